The number of amides is 2. The summed E-state index contributed by atoms with van der Waals surface area (Å²) >= 11 is 0. The first-order chi connectivity index (χ1) is 10.0. The Bertz CT molecular complexity index is 666. The van der Waals surface area contributed by atoms with E-state index in [9.17, 15) is 27.9 Å². The van der Waals surface area contributed by atoms with Crippen LogP contribution in [0.2, 0.25) is 0 Å². The summed E-state index contributed by atoms with van der Waals surface area (Å²) in [6.07, 6.45) is -3.59. The smallest absolute Gasteiger partial charge is 0.416 e. The molecule has 22 heavy (non-hydrogen) atoms. The number of rotatable bonds is 2. The van der Waals surface area contributed by atoms with Crippen molar-refractivity contribution in [3.8, 4) is 0 Å². The number of carbonyl (C=O) groups is 2. The number of carboxylic acids is 1. The van der Waals surface area contributed by atoms with Crippen LogP contribution in [0.15, 0.2) is 36.0 Å². The predicted octanol–water partition coefficient (Wildman–Crippen LogP) is 1.65. The number of nitrogens with zero attached hydrogens (tertiary/aromatic N) is 1. The highest BCUT2D eigenvalue weighted by Gasteiger charge is 2.35. The number of urea groups is 1. The maximum absolute atomic E-state index is 12.7. The number of alkyl halides is 3. The lowest BCUT2D eigenvalue weighted by Crippen LogP contribution is -2.57. The Morgan fingerprint density at radius 3 is 2.50 bits per heavy atom. The molecule has 8 heteroatoms. The summed E-state index contributed by atoms with van der Waals surface area (Å²) in [5.74, 6) is -1.51. The summed E-state index contributed by atoms with van der Waals surface area (Å²) < 4.78 is 38.2. The van der Waals surface area contributed by atoms with Crippen LogP contribution in [-0.4, -0.2) is 17.5 Å². The van der Waals surface area contributed by atoms with Gasteiger partial charge in [0.25, 0.3) is 0 Å². The molecule has 2 amide bonds. The van der Waals surface area contributed by atoms with E-state index in [0.717, 1.165) is 29.3 Å². The molecule has 1 aliphatic rings. The third-order valence-electron chi connectivity index (χ3n) is 3.24. The Morgan fingerprint density at radius 2 is 1.95 bits per heavy atom. The Hall–Kier alpha value is -2.51. The highest BCUT2D eigenvalue weighted by Crippen LogP contribution is 2.33. The Balaban J connectivity index is 2.50. The lowest BCUT2D eigenvalue weighted by Gasteiger charge is -2.38. The Labute approximate surface area is 124 Å². The van der Waals surface area contributed by atoms with Crippen molar-refractivity contribution in [1.82, 2.24) is 5.32 Å². The normalized spacial score (nSPS) is 17.8. The summed E-state index contributed by atoms with van der Waals surface area (Å²) in [6.45, 7) is 2.91. The van der Waals surface area contributed by atoms with E-state index in [4.69, 9.17) is 0 Å². The molecule has 1 heterocycles. The van der Waals surface area contributed by atoms with Gasteiger partial charge in [-0.3, -0.25) is 4.90 Å². The Morgan fingerprint density at radius 1 is 1.32 bits per heavy atom. The number of halogens is 3. The first-order valence-corrected chi connectivity index (χ1v) is 6.24. The number of benzene rings is 1. The van der Waals surface area contributed by atoms with Gasteiger partial charge >= 0.3 is 12.2 Å². The van der Waals surface area contributed by atoms with E-state index in [1.165, 1.54) is 19.9 Å². The molecular formula is C14H12F3N2O3-. The molecule has 1 aromatic rings. The number of hydrogen-bond donors (Lipinski definition) is 1. The number of anilines is 1. The lowest BCUT2D eigenvalue weighted by molar-refractivity contribution is -0.300. The molecule has 1 aliphatic heterocycles. The van der Waals surface area contributed by atoms with E-state index >= 15 is 0 Å². The molecule has 118 valence electrons. The van der Waals surface area contributed by atoms with Gasteiger partial charge in [-0.25, -0.2) is 4.79 Å². The standard InChI is InChI=1S/C14H13F3N2O3/c1-13(2)10(11(20)21)7-19(12(22)18-13)9-5-3-4-8(6-9)14(15,16)17/h3-7H,1-2H3,(H,18,22)(H,20,21)/p-1. The average molecular weight is 313 g/mol. The van der Waals surface area contributed by atoms with Gasteiger partial charge in [0.05, 0.1) is 22.8 Å². The van der Waals surface area contributed by atoms with Gasteiger partial charge < -0.3 is 15.2 Å². The Kier molecular flexibility index (Phi) is 3.64. The van der Waals surface area contributed by atoms with Gasteiger partial charge in [-0.05, 0) is 32.0 Å². The van der Waals surface area contributed by atoms with E-state index in [-0.39, 0.29) is 11.3 Å². The van der Waals surface area contributed by atoms with E-state index in [1.807, 2.05) is 0 Å². The number of carboxylic acid groups (broad SMARTS) is 1. The van der Waals surface area contributed by atoms with Gasteiger partial charge in [0.2, 0.25) is 0 Å². The fourth-order valence-corrected chi connectivity index (χ4v) is 2.08. The highest BCUT2D eigenvalue weighted by atomic mass is 19.4. The summed E-state index contributed by atoms with van der Waals surface area (Å²) in [5, 5.41) is 13.6. The molecule has 0 unspecified atom stereocenters. The predicted molar refractivity (Wildman–Crippen MR) is 69.6 cm³/mol. The van der Waals surface area contributed by atoms with Crippen molar-refractivity contribution >= 4 is 17.7 Å². The van der Waals surface area contributed by atoms with Gasteiger partial charge in [0, 0.05) is 11.8 Å². The molecule has 0 bridgehead atoms. The van der Waals surface area contributed by atoms with Gasteiger partial charge in [-0.15, -0.1) is 0 Å². The van der Waals surface area contributed by atoms with Gasteiger partial charge in [0.1, 0.15) is 0 Å². The molecule has 2 rings (SSSR count). The van der Waals surface area contributed by atoms with E-state index < -0.39 is 29.3 Å². The largest absolute Gasteiger partial charge is 0.545 e. The second-order valence-corrected chi connectivity index (χ2v) is 5.30. The fourth-order valence-electron chi connectivity index (χ4n) is 2.08. The van der Waals surface area contributed by atoms with Crippen molar-refractivity contribution in [2.24, 2.45) is 0 Å². The van der Waals surface area contributed by atoms with Crippen molar-refractivity contribution in [2.45, 2.75) is 25.6 Å². The number of hydrogen-bond acceptors (Lipinski definition) is 3. The van der Waals surface area contributed by atoms with Crippen LogP contribution in [-0.2, 0) is 11.0 Å². The molecular weight excluding hydrogens is 301 g/mol. The molecule has 0 atom stereocenters. The zero-order chi connectivity index (χ0) is 16.7. The van der Waals surface area contributed by atoms with Crippen LogP contribution in [0.25, 0.3) is 0 Å². The topological polar surface area (TPSA) is 72.5 Å². The van der Waals surface area contributed by atoms with Crippen LogP contribution in [0.5, 0.6) is 0 Å². The average Bonchev–Trinajstić information content (AvgIpc) is 2.36. The number of nitrogens with one attached hydrogen (secondary N) is 1. The number of carbonyl (C=O) groups excluding carboxylic acids is 2. The molecule has 0 saturated heterocycles. The van der Waals surface area contributed by atoms with Crippen LogP contribution < -0.4 is 15.3 Å². The SMILES string of the molecule is CC1(C)NC(=O)N(c2cccc(C(F)(F)F)c2)C=C1C(=O)[O-]. The third kappa shape index (κ3) is 2.90. The summed E-state index contributed by atoms with van der Waals surface area (Å²) in [5.41, 5.74) is -2.47. The van der Waals surface area contributed by atoms with Crippen LogP contribution in [0.1, 0.15) is 19.4 Å². The van der Waals surface area contributed by atoms with Gasteiger partial charge in [0.15, 0.2) is 0 Å². The molecule has 0 aromatic heterocycles. The van der Waals surface area contributed by atoms with Crippen LogP contribution in [0.3, 0.4) is 0 Å². The summed E-state index contributed by atoms with van der Waals surface area (Å²) in [4.78, 5) is 24.0. The monoisotopic (exact) mass is 313 g/mol. The second-order valence-electron chi connectivity index (χ2n) is 5.30. The van der Waals surface area contributed by atoms with Crippen LogP contribution >= 0.6 is 0 Å². The maximum atomic E-state index is 12.7. The van der Waals surface area contributed by atoms with Crippen molar-refractivity contribution < 1.29 is 27.9 Å². The second kappa shape index (κ2) is 5.04. The molecule has 1 aromatic carbocycles. The van der Waals surface area contributed by atoms with Crippen molar-refractivity contribution in [3.05, 3.63) is 41.6 Å². The molecule has 0 spiro atoms. The summed E-state index contributed by atoms with van der Waals surface area (Å²) in [6, 6.07) is 3.31. The van der Waals surface area contributed by atoms with E-state index in [0.29, 0.717) is 0 Å². The minimum absolute atomic E-state index is 0.0958. The molecule has 5 nitrogen and oxygen atoms in total. The minimum Gasteiger partial charge on any atom is -0.545 e. The minimum atomic E-state index is -4.57. The molecule has 1 N–H and O–H groups in total. The molecule has 0 saturated carbocycles. The molecule has 0 fully saturated rings. The van der Waals surface area contributed by atoms with E-state index in [1.54, 1.807) is 0 Å². The first-order valence-electron chi connectivity index (χ1n) is 6.24. The van der Waals surface area contributed by atoms with Crippen LogP contribution in [0, 0.1) is 0 Å². The van der Waals surface area contributed by atoms with Crippen molar-refractivity contribution in [1.29, 1.82) is 0 Å². The van der Waals surface area contributed by atoms with Crippen molar-refractivity contribution in [3.63, 3.8) is 0 Å². The number of aliphatic carboxylic acids is 1. The van der Waals surface area contributed by atoms with E-state index in [2.05, 4.69) is 5.32 Å². The zero-order valence-corrected chi connectivity index (χ0v) is 11.7. The maximum Gasteiger partial charge on any atom is 0.416 e. The summed E-state index contributed by atoms with van der Waals surface area (Å²) in [7, 11) is 0. The van der Waals surface area contributed by atoms with Gasteiger partial charge in [-0.1, -0.05) is 6.07 Å². The third-order valence-corrected chi connectivity index (χ3v) is 3.24. The first kappa shape index (κ1) is 15.9. The zero-order valence-electron chi connectivity index (χ0n) is 11.7. The quantitative estimate of drug-likeness (QED) is 0.902. The molecule has 0 aliphatic carbocycles. The lowest BCUT2D eigenvalue weighted by atomic mass is 9.93. The highest BCUT2D eigenvalue weighted by molar-refractivity contribution is 6.01. The molecule has 0 radical (unpaired) electrons. The van der Waals surface area contributed by atoms with Crippen molar-refractivity contribution in [2.75, 3.05) is 4.90 Å². The van der Waals surface area contributed by atoms with Crippen LogP contribution in [0.4, 0.5) is 23.7 Å². The fraction of sp³-hybridized carbons (Fsp3) is 0.286. The van der Waals surface area contributed by atoms with Gasteiger partial charge in [-0.2, -0.15) is 13.2 Å².